The smallest absolute Gasteiger partial charge is 0.339 e. The van der Waals surface area contributed by atoms with Crippen molar-refractivity contribution in [2.45, 2.75) is 12.2 Å². The average Bonchev–Trinajstić information content (AvgIpc) is 2.35. The molecule has 6 heteroatoms. The Morgan fingerprint density at radius 1 is 1.38 bits per heavy atom. The molecule has 0 saturated heterocycles. The summed E-state index contributed by atoms with van der Waals surface area (Å²) in [6.07, 6.45) is -2.75. The van der Waals surface area contributed by atoms with Gasteiger partial charge in [-0.2, -0.15) is 0 Å². The third-order valence-electron chi connectivity index (χ3n) is 2.01. The van der Waals surface area contributed by atoms with Crippen LogP contribution in [0.2, 0.25) is 0 Å². The minimum atomic E-state index is -1.59. The van der Waals surface area contributed by atoms with Crippen molar-refractivity contribution in [1.82, 2.24) is 0 Å². The summed E-state index contributed by atoms with van der Waals surface area (Å²) < 4.78 is 4.35. The van der Waals surface area contributed by atoms with Gasteiger partial charge in [-0.3, -0.25) is 0 Å². The first-order chi connectivity index (χ1) is 7.70. The second-order valence-electron chi connectivity index (χ2n) is 2.98. The van der Waals surface area contributed by atoms with Gasteiger partial charge >= 0.3 is 5.97 Å². The number of esters is 1. The molecule has 2 atom stereocenters. The summed E-state index contributed by atoms with van der Waals surface area (Å²) in [6.45, 7) is 0. The molecule has 0 aliphatic heterocycles. The molecule has 0 aromatic heterocycles. The highest BCUT2D eigenvalue weighted by atomic mass is 16.7. The average molecular weight is 225 g/mol. The highest BCUT2D eigenvalue weighted by Crippen LogP contribution is 2.22. The molecule has 0 fully saturated rings. The van der Waals surface area contributed by atoms with Crippen LogP contribution in [-0.4, -0.2) is 24.3 Å². The van der Waals surface area contributed by atoms with E-state index in [9.17, 15) is 14.8 Å². The molecule has 0 amide bonds. The minimum Gasteiger partial charge on any atom is -0.467 e. The molecule has 0 unspecified atom stereocenters. The number of rotatable bonds is 5. The predicted molar refractivity (Wildman–Crippen MR) is 54.1 cm³/mol. The second-order valence-corrected chi connectivity index (χ2v) is 2.98. The number of nitrogens with zero attached hydrogens (tertiary/aromatic N) is 1. The fraction of sp³-hybridized carbons (Fsp3) is 0.300. The Labute approximate surface area is 91.7 Å². The van der Waals surface area contributed by atoms with Crippen LogP contribution in [0.1, 0.15) is 11.7 Å². The number of hydrogen-bond donors (Lipinski definition) is 1. The Hall–Kier alpha value is -1.95. The maximum Gasteiger partial charge on any atom is 0.339 e. The number of hydrogen-bond acceptors (Lipinski definition) is 6. The van der Waals surface area contributed by atoms with E-state index in [1.807, 2.05) is 0 Å². The number of ether oxygens (including phenoxy) is 1. The monoisotopic (exact) mass is 225 g/mol. The highest BCUT2D eigenvalue weighted by Gasteiger charge is 2.30. The Morgan fingerprint density at radius 2 is 2.00 bits per heavy atom. The van der Waals surface area contributed by atoms with Gasteiger partial charge in [0.25, 0.3) is 0 Å². The maximum atomic E-state index is 11.1. The lowest BCUT2D eigenvalue weighted by Gasteiger charge is -2.17. The summed E-state index contributed by atoms with van der Waals surface area (Å²) in [5.74, 6) is -0.891. The van der Waals surface area contributed by atoms with Crippen LogP contribution in [0.5, 0.6) is 0 Å². The van der Waals surface area contributed by atoms with E-state index in [1.54, 1.807) is 30.3 Å². The van der Waals surface area contributed by atoms with Crippen molar-refractivity contribution in [2.75, 3.05) is 7.11 Å². The van der Waals surface area contributed by atoms with Crippen LogP contribution in [0.3, 0.4) is 0 Å². The number of carbonyl (C=O) groups excluding carboxylic acids is 1. The fourth-order valence-electron chi connectivity index (χ4n) is 1.23. The first-order valence-corrected chi connectivity index (χ1v) is 4.50. The largest absolute Gasteiger partial charge is 0.467 e. The van der Waals surface area contributed by atoms with E-state index in [-0.39, 0.29) is 0 Å². The molecule has 0 heterocycles. The molecule has 0 spiro atoms. The molecule has 0 bridgehead atoms. The van der Waals surface area contributed by atoms with E-state index in [0.29, 0.717) is 5.56 Å². The van der Waals surface area contributed by atoms with E-state index in [1.165, 1.54) is 0 Å². The summed E-state index contributed by atoms with van der Waals surface area (Å²) in [7, 11) is 1.13. The molecule has 16 heavy (non-hydrogen) atoms. The third-order valence-corrected chi connectivity index (χ3v) is 2.01. The van der Waals surface area contributed by atoms with Crippen molar-refractivity contribution in [3.63, 3.8) is 0 Å². The van der Waals surface area contributed by atoms with Crippen LogP contribution in [-0.2, 0) is 14.4 Å². The Balaban J connectivity index is 2.91. The molecular formula is C10H11NO5. The topological polar surface area (TPSA) is 85.2 Å². The molecule has 0 aliphatic rings. The van der Waals surface area contributed by atoms with Crippen LogP contribution in [0, 0.1) is 4.91 Å². The standard InChI is InChI=1S/C10H11NO5/c1-15-10(13)8(12)9(16-11-14)7-5-3-2-4-6-7/h2-6,8-9,12H,1H3/t8-,9-/m1/s1. The van der Waals surface area contributed by atoms with Crippen LogP contribution in [0.15, 0.2) is 35.7 Å². The van der Waals surface area contributed by atoms with Gasteiger partial charge in [0.15, 0.2) is 17.5 Å². The highest BCUT2D eigenvalue weighted by molar-refractivity contribution is 5.75. The number of benzene rings is 1. The zero-order chi connectivity index (χ0) is 12.0. The molecule has 1 rings (SSSR count). The maximum absolute atomic E-state index is 11.1. The van der Waals surface area contributed by atoms with Crippen LogP contribution < -0.4 is 0 Å². The van der Waals surface area contributed by atoms with Gasteiger partial charge < -0.3 is 14.7 Å². The molecule has 0 radical (unpaired) electrons. The van der Waals surface area contributed by atoms with E-state index < -0.39 is 18.2 Å². The first-order valence-electron chi connectivity index (χ1n) is 4.50. The number of aliphatic hydroxyl groups excluding tert-OH is 1. The molecule has 6 nitrogen and oxygen atoms in total. The first kappa shape index (κ1) is 12.1. The van der Waals surface area contributed by atoms with E-state index in [2.05, 4.69) is 14.9 Å². The Bertz CT molecular complexity index is 353. The summed E-state index contributed by atoms with van der Waals surface area (Å²) in [5, 5.41) is 11.8. The van der Waals surface area contributed by atoms with Crippen LogP contribution >= 0.6 is 0 Å². The van der Waals surface area contributed by atoms with Crippen molar-refractivity contribution < 1.29 is 19.5 Å². The summed E-state index contributed by atoms with van der Waals surface area (Å²) in [4.78, 5) is 25.6. The molecule has 0 aliphatic carbocycles. The lowest BCUT2D eigenvalue weighted by atomic mass is 10.0. The van der Waals surface area contributed by atoms with Gasteiger partial charge in [-0.1, -0.05) is 30.3 Å². The molecule has 0 saturated carbocycles. The fourth-order valence-corrected chi connectivity index (χ4v) is 1.23. The van der Waals surface area contributed by atoms with Crippen molar-refractivity contribution in [1.29, 1.82) is 0 Å². The lowest BCUT2D eigenvalue weighted by Crippen LogP contribution is -2.30. The quantitative estimate of drug-likeness (QED) is 0.458. The summed E-state index contributed by atoms with van der Waals surface area (Å²) in [5.41, 5.74) is 0.458. The lowest BCUT2D eigenvalue weighted by molar-refractivity contribution is -0.160. The molecule has 86 valence electrons. The number of aliphatic hydroxyl groups is 1. The normalized spacial score (nSPS) is 13.6. The van der Waals surface area contributed by atoms with Gasteiger partial charge in [0, 0.05) is 0 Å². The third kappa shape index (κ3) is 2.77. The zero-order valence-electron chi connectivity index (χ0n) is 8.57. The van der Waals surface area contributed by atoms with Gasteiger partial charge in [0.2, 0.25) is 0 Å². The van der Waals surface area contributed by atoms with Gasteiger partial charge in [0.05, 0.1) is 7.11 Å². The predicted octanol–water partition coefficient (Wildman–Crippen LogP) is 0.960. The number of carbonyl (C=O) groups is 1. The van der Waals surface area contributed by atoms with Crippen LogP contribution in [0.4, 0.5) is 0 Å². The van der Waals surface area contributed by atoms with Crippen molar-refractivity contribution >= 4 is 5.97 Å². The van der Waals surface area contributed by atoms with Gasteiger partial charge in [-0.25, -0.2) is 4.79 Å². The Kier molecular flexibility index (Phi) is 4.41. The van der Waals surface area contributed by atoms with E-state index in [0.717, 1.165) is 7.11 Å². The van der Waals surface area contributed by atoms with Crippen molar-refractivity contribution in [3.05, 3.63) is 40.8 Å². The zero-order valence-corrected chi connectivity index (χ0v) is 8.57. The molecule has 1 aromatic rings. The number of methoxy groups -OCH3 is 1. The van der Waals surface area contributed by atoms with Crippen molar-refractivity contribution in [2.24, 2.45) is 5.34 Å². The summed E-state index contributed by atoms with van der Waals surface area (Å²) in [6, 6.07) is 8.31. The summed E-state index contributed by atoms with van der Waals surface area (Å²) >= 11 is 0. The second kappa shape index (κ2) is 5.82. The minimum absolute atomic E-state index is 0.458. The molecule has 1 aromatic carbocycles. The van der Waals surface area contributed by atoms with E-state index >= 15 is 0 Å². The SMILES string of the molecule is COC(=O)[C@H](O)[C@H](ON=O)c1ccccc1. The van der Waals surface area contributed by atoms with Gasteiger partial charge in [0.1, 0.15) is 0 Å². The van der Waals surface area contributed by atoms with Crippen molar-refractivity contribution in [3.8, 4) is 0 Å². The van der Waals surface area contributed by atoms with E-state index in [4.69, 9.17) is 0 Å². The van der Waals surface area contributed by atoms with Gasteiger partial charge in [-0.05, 0) is 5.56 Å². The van der Waals surface area contributed by atoms with Gasteiger partial charge in [-0.15, -0.1) is 4.91 Å². The molecular weight excluding hydrogens is 214 g/mol. The Morgan fingerprint density at radius 3 is 2.50 bits per heavy atom. The van der Waals surface area contributed by atoms with Crippen LogP contribution in [0.25, 0.3) is 0 Å². The molecule has 1 N–H and O–H groups in total.